The molecular weight excluding hydrogens is 285 g/mol. The quantitative estimate of drug-likeness (QED) is 0.723. The van der Waals surface area contributed by atoms with Gasteiger partial charge < -0.3 is 0 Å². The van der Waals surface area contributed by atoms with E-state index in [2.05, 4.69) is 0 Å². The number of fused-ring (bicyclic) bond motifs is 2. The number of thiocarbonyl (C=S) groups is 1. The first-order chi connectivity index (χ1) is 7.93. The van der Waals surface area contributed by atoms with Gasteiger partial charge in [0, 0.05) is 16.2 Å². The highest BCUT2D eigenvalue weighted by molar-refractivity contribution is 8.23. The molecule has 1 aromatic rings. The molecule has 1 heterocycles. The zero-order valence-corrected chi connectivity index (χ0v) is 11.4. The number of alkyl halides is 3. The van der Waals surface area contributed by atoms with Crippen LogP contribution in [0.25, 0.3) is 0 Å². The van der Waals surface area contributed by atoms with Crippen molar-refractivity contribution in [3.63, 3.8) is 0 Å². The Kier molecular flexibility index (Phi) is 3.75. The molecule has 92 valence electrons. The Morgan fingerprint density at radius 3 is 2.71 bits per heavy atom. The average molecular weight is 294 g/mol. The van der Waals surface area contributed by atoms with Gasteiger partial charge in [0.05, 0.1) is 9.76 Å². The lowest BCUT2D eigenvalue weighted by Crippen LogP contribution is -2.07. The van der Waals surface area contributed by atoms with Gasteiger partial charge >= 0.3 is 6.18 Å². The Morgan fingerprint density at radius 1 is 1.47 bits per heavy atom. The van der Waals surface area contributed by atoms with Gasteiger partial charge in [-0.15, -0.1) is 23.5 Å². The highest BCUT2D eigenvalue weighted by atomic mass is 32.2. The Bertz CT molecular complexity index is 441. The van der Waals surface area contributed by atoms with Crippen molar-refractivity contribution in [3.05, 3.63) is 28.8 Å². The van der Waals surface area contributed by atoms with Crippen LogP contribution in [0.3, 0.4) is 0 Å². The molecule has 0 saturated carbocycles. The van der Waals surface area contributed by atoms with Crippen LogP contribution in [0.5, 0.6) is 0 Å². The predicted octanol–water partition coefficient (Wildman–Crippen LogP) is 4.74. The third-order valence-electron chi connectivity index (χ3n) is 2.37. The van der Waals surface area contributed by atoms with E-state index in [1.807, 2.05) is 6.92 Å². The molecule has 0 aliphatic carbocycles. The summed E-state index contributed by atoms with van der Waals surface area (Å²) >= 11 is 8.17. The van der Waals surface area contributed by atoms with Crippen LogP contribution in [0.15, 0.2) is 17.0 Å². The van der Waals surface area contributed by atoms with Gasteiger partial charge in [-0.3, -0.25) is 0 Å². The maximum absolute atomic E-state index is 12.6. The van der Waals surface area contributed by atoms with E-state index >= 15 is 0 Å². The zero-order chi connectivity index (χ0) is 12.6. The lowest BCUT2D eigenvalue weighted by Gasteiger charge is -2.10. The van der Waals surface area contributed by atoms with Crippen molar-refractivity contribution in [1.29, 1.82) is 0 Å². The molecule has 2 rings (SSSR count). The van der Waals surface area contributed by atoms with E-state index in [1.165, 1.54) is 35.7 Å². The molecule has 0 atom stereocenters. The zero-order valence-electron chi connectivity index (χ0n) is 8.93. The van der Waals surface area contributed by atoms with Crippen molar-refractivity contribution in [2.24, 2.45) is 0 Å². The first-order valence-corrected chi connectivity index (χ1v) is 7.35. The second-order valence-corrected chi connectivity index (χ2v) is 6.47. The SMILES string of the molecule is CCSC(=S)c1c2cc(C(F)(F)F)cc1SC2. The molecule has 0 nitrogen and oxygen atoms in total. The minimum atomic E-state index is -4.27. The molecule has 0 aromatic heterocycles. The molecule has 0 N–H and O–H groups in total. The Labute approximate surface area is 111 Å². The number of hydrogen-bond acceptors (Lipinski definition) is 3. The summed E-state index contributed by atoms with van der Waals surface area (Å²) in [4.78, 5) is 0.667. The number of benzene rings is 1. The summed E-state index contributed by atoms with van der Waals surface area (Å²) in [6.45, 7) is 1.98. The van der Waals surface area contributed by atoms with E-state index in [-0.39, 0.29) is 0 Å². The highest BCUT2D eigenvalue weighted by Crippen LogP contribution is 2.43. The highest BCUT2D eigenvalue weighted by Gasteiger charge is 2.34. The molecule has 6 heteroatoms. The van der Waals surface area contributed by atoms with Gasteiger partial charge in [-0.05, 0) is 23.4 Å². The summed E-state index contributed by atoms with van der Waals surface area (Å²) < 4.78 is 38.5. The number of thioether (sulfide) groups is 2. The molecule has 0 saturated heterocycles. The largest absolute Gasteiger partial charge is 0.416 e. The minimum absolute atomic E-state index is 0.569. The van der Waals surface area contributed by atoms with E-state index in [9.17, 15) is 13.2 Å². The lowest BCUT2D eigenvalue weighted by molar-refractivity contribution is -0.137. The van der Waals surface area contributed by atoms with Gasteiger partial charge in [0.25, 0.3) is 0 Å². The molecule has 0 radical (unpaired) electrons. The molecule has 0 unspecified atom stereocenters. The van der Waals surface area contributed by atoms with Crippen LogP contribution < -0.4 is 0 Å². The molecular formula is C11H9F3S3. The number of halogens is 3. The van der Waals surface area contributed by atoms with Gasteiger partial charge in [-0.1, -0.05) is 19.1 Å². The van der Waals surface area contributed by atoms with Crippen molar-refractivity contribution < 1.29 is 13.2 Å². The van der Waals surface area contributed by atoms with E-state index < -0.39 is 11.7 Å². The second kappa shape index (κ2) is 4.82. The van der Waals surface area contributed by atoms with Crippen LogP contribution in [-0.2, 0) is 11.9 Å². The second-order valence-electron chi connectivity index (χ2n) is 3.52. The molecule has 1 aliphatic heterocycles. The van der Waals surface area contributed by atoms with Crippen LogP contribution in [0.1, 0.15) is 23.6 Å². The lowest BCUT2D eigenvalue weighted by atomic mass is 10.1. The molecule has 0 amide bonds. The summed E-state index contributed by atoms with van der Waals surface area (Å²) in [7, 11) is 0. The third kappa shape index (κ3) is 2.63. The van der Waals surface area contributed by atoms with E-state index in [4.69, 9.17) is 12.2 Å². The summed E-state index contributed by atoms with van der Waals surface area (Å²) in [5, 5.41) is 0. The predicted molar refractivity (Wildman–Crippen MR) is 70.8 cm³/mol. The first-order valence-electron chi connectivity index (χ1n) is 4.97. The molecule has 2 bridgehead atoms. The van der Waals surface area contributed by atoms with Crippen molar-refractivity contribution in [2.75, 3.05) is 5.75 Å². The molecule has 0 spiro atoms. The van der Waals surface area contributed by atoms with Crippen molar-refractivity contribution in [2.45, 2.75) is 23.7 Å². The van der Waals surface area contributed by atoms with Crippen molar-refractivity contribution in [1.82, 2.24) is 0 Å². The van der Waals surface area contributed by atoms with Crippen LogP contribution in [0.2, 0.25) is 0 Å². The Hall–Kier alpha value is -0.200. The molecule has 0 fully saturated rings. The normalized spacial score (nSPS) is 14.1. The van der Waals surface area contributed by atoms with Crippen LogP contribution in [-0.4, -0.2) is 9.95 Å². The molecule has 1 aliphatic rings. The fourth-order valence-corrected chi connectivity index (χ4v) is 4.15. The smallest absolute Gasteiger partial charge is 0.166 e. The van der Waals surface area contributed by atoms with Gasteiger partial charge in [-0.2, -0.15) is 13.2 Å². The van der Waals surface area contributed by atoms with Crippen LogP contribution >= 0.6 is 35.7 Å². The van der Waals surface area contributed by atoms with E-state index in [0.717, 1.165) is 11.3 Å². The molecule has 1 aromatic carbocycles. The average Bonchev–Trinajstić information content (AvgIpc) is 2.48. The van der Waals surface area contributed by atoms with Crippen LogP contribution in [0, 0.1) is 0 Å². The maximum Gasteiger partial charge on any atom is 0.416 e. The van der Waals surface area contributed by atoms with Gasteiger partial charge in [-0.25, -0.2) is 0 Å². The Morgan fingerprint density at radius 2 is 2.18 bits per heavy atom. The summed E-state index contributed by atoms with van der Waals surface area (Å²) in [5.74, 6) is 1.43. The van der Waals surface area contributed by atoms with Crippen molar-refractivity contribution >= 4 is 39.9 Å². The van der Waals surface area contributed by atoms with E-state index in [0.29, 0.717) is 20.4 Å². The van der Waals surface area contributed by atoms with Crippen LogP contribution in [0.4, 0.5) is 13.2 Å². The summed E-state index contributed by atoms with van der Waals surface area (Å²) in [5.41, 5.74) is 0.983. The topological polar surface area (TPSA) is 0 Å². The monoisotopic (exact) mass is 294 g/mol. The number of hydrogen-bond donors (Lipinski definition) is 0. The van der Waals surface area contributed by atoms with Crippen molar-refractivity contribution in [3.8, 4) is 0 Å². The third-order valence-corrected chi connectivity index (χ3v) is 4.77. The molecule has 17 heavy (non-hydrogen) atoms. The summed E-state index contributed by atoms with van der Waals surface area (Å²) in [6.07, 6.45) is -4.27. The fraction of sp³-hybridized carbons (Fsp3) is 0.364. The number of rotatable bonds is 2. The van der Waals surface area contributed by atoms with Gasteiger partial charge in [0.15, 0.2) is 0 Å². The van der Waals surface area contributed by atoms with Gasteiger partial charge in [0.1, 0.15) is 0 Å². The van der Waals surface area contributed by atoms with Gasteiger partial charge in [0.2, 0.25) is 0 Å². The maximum atomic E-state index is 12.6. The standard InChI is InChI=1S/C11H9F3S3/c1-2-16-10(15)9-6-3-7(11(12,13)14)4-8(9)17-5-6/h3-4H,2,5H2,1H3. The summed E-state index contributed by atoms with van der Waals surface area (Å²) in [6, 6.07) is 2.43. The fourth-order valence-electron chi connectivity index (χ4n) is 1.65. The first kappa shape index (κ1) is 13.2. The van der Waals surface area contributed by atoms with E-state index in [1.54, 1.807) is 0 Å². The Balaban J connectivity index is 2.43. The minimum Gasteiger partial charge on any atom is -0.166 e.